The van der Waals surface area contributed by atoms with Crippen LogP contribution in [0.4, 0.5) is 4.39 Å². The maximum absolute atomic E-state index is 14.2. The van der Waals surface area contributed by atoms with E-state index >= 15 is 0 Å². The summed E-state index contributed by atoms with van der Waals surface area (Å²) in [5.41, 5.74) is 13.4. The van der Waals surface area contributed by atoms with E-state index in [0.717, 1.165) is 49.6 Å². The van der Waals surface area contributed by atoms with Gasteiger partial charge in [-0.3, -0.25) is 4.90 Å². The normalized spacial score (nSPS) is 32.1. The SMILES string of the molecule is CN1CC2C(C1)C2CN1CCN2C(/C=C(\N)c3c(O)cccc3F)=C(N)NCC2C1. The minimum absolute atomic E-state index is 0.0174. The van der Waals surface area contributed by atoms with Gasteiger partial charge in [0.15, 0.2) is 0 Å². The largest absolute Gasteiger partial charge is 0.507 e. The number of nitrogens with two attached hydrogens (primary N) is 2. The Morgan fingerprint density at radius 3 is 2.77 bits per heavy atom. The van der Waals surface area contributed by atoms with Gasteiger partial charge in [0.25, 0.3) is 0 Å². The third-order valence-corrected chi connectivity index (χ3v) is 7.28. The fourth-order valence-electron chi connectivity index (χ4n) is 5.66. The summed E-state index contributed by atoms with van der Waals surface area (Å²) in [4.78, 5) is 7.30. The monoisotopic (exact) mass is 414 g/mol. The summed E-state index contributed by atoms with van der Waals surface area (Å²) in [6, 6.07) is 4.47. The number of phenols is 1. The highest BCUT2D eigenvalue weighted by atomic mass is 19.1. The Kier molecular flexibility index (Phi) is 4.78. The molecule has 0 radical (unpaired) electrons. The van der Waals surface area contributed by atoms with E-state index in [9.17, 15) is 9.50 Å². The summed E-state index contributed by atoms with van der Waals surface area (Å²) in [6.45, 7) is 7.28. The van der Waals surface area contributed by atoms with Crippen molar-refractivity contribution in [2.24, 2.45) is 29.2 Å². The summed E-state index contributed by atoms with van der Waals surface area (Å²) in [5, 5.41) is 13.3. The molecule has 0 amide bonds. The standard InChI is InChI=1S/C22H31FN6O/c1-27-10-14-15(11-27)16(14)12-28-5-6-29-13(9-28)8-26-22(25)19(29)7-18(24)21-17(23)3-2-4-20(21)30/h2-4,7,13-16,26,30H,5-6,8-12,24-25H2,1H3/b18-7-. The second-order valence-corrected chi connectivity index (χ2v) is 9.23. The average Bonchev–Trinajstić information content (AvgIpc) is 3.15. The molecule has 7 nitrogen and oxygen atoms in total. The van der Waals surface area contributed by atoms with Gasteiger partial charge in [0.1, 0.15) is 17.4 Å². The molecule has 0 spiro atoms. The van der Waals surface area contributed by atoms with Crippen LogP contribution in [0.15, 0.2) is 35.8 Å². The molecule has 0 aromatic heterocycles. The van der Waals surface area contributed by atoms with Crippen LogP contribution in [0.25, 0.3) is 5.70 Å². The lowest BCUT2D eigenvalue weighted by molar-refractivity contribution is 0.0881. The Hall–Kier alpha value is -2.45. The maximum atomic E-state index is 14.2. The van der Waals surface area contributed by atoms with Crippen LogP contribution in [0.2, 0.25) is 0 Å². The molecule has 30 heavy (non-hydrogen) atoms. The van der Waals surface area contributed by atoms with Crippen molar-refractivity contribution < 1.29 is 9.50 Å². The van der Waals surface area contributed by atoms with Gasteiger partial charge in [0.05, 0.1) is 17.3 Å². The van der Waals surface area contributed by atoms with Gasteiger partial charge in [-0.2, -0.15) is 0 Å². The lowest BCUT2D eigenvalue weighted by Crippen LogP contribution is -2.59. The second kappa shape index (κ2) is 7.35. The zero-order chi connectivity index (χ0) is 21.0. The van der Waals surface area contributed by atoms with E-state index in [4.69, 9.17) is 11.5 Å². The van der Waals surface area contributed by atoms with Crippen molar-refractivity contribution in [1.29, 1.82) is 0 Å². The number of allylic oxidation sites excluding steroid dienone is 1. The zero-order valence-electron chi connectivity index (χ0n) is 17.4. The molecule has 3 aliphatic heterocycles. The highest BCUT2D eigenvalue weighted by Gasteiger charge is 2.55. The molecule has 1 aromatic carbocycles. The van der Waals surface area contributed by atoms with E-state index in [1.54, 1.807) is 6.08 Å². The first-order valence-electron chi connectivity index (χ1n) is 10.8. The highest BCUT2D eigenvalue weighted by molar-refractivity contribution is 5.70. The number of nitrogens with zero attached hydrogens (tertiary/aromatic N) is 3. The van der Waals surface area contributed by atoms with Crippen LogP contribution in [0.3, 0.4) is 0 Å². The van der Waals surface area contributed by atoms with Crippen molar-refractivity contribution in [2.45, 2.75) is 6.04 Å². The first-order valence-corrected chi connectivity index (χ1v) is 10.8. The number of likely N-dealkylation sites (tertiary alicyclic amines) is 1. The first kappa shape index (κ1) is 19.5. The first-order chi connectivity index (χ1) is 14.4. The van der Waals surface area contributed by atoms with Crippen molar-refractivity contribution in [1.82, 2.24) is 20.0 Å². The van der Waals surface area contributed by atoms with Gasteiger partial charge >= 0.3 is 0 Å². The topological polar surface area (TPSA) is 94.0 Å². The average molecular weight is 415 g/mol. The van der Waals surface area contributed by atoms with Gasteiger partial charge in [-0.1, -0.05) is 6.07 Å². The number of hydrogen-bond donors (Lipinski definition) is 4. The third-order valence-electron chi connectivity index (χ3n) is 7.28. The van der Waals surface area contributed by atoms with Gasteiger partial charge in [0.2, 0.25) is 0 Å². The molecule has 2 saturated heterocycles. The van der Waals surface area contributed by atoms with Gasteiger partial charge in [0, 0.05) is 51.5 Å². The maximum Gasteiger partial charge on any atom is 0.136 e. The second-order valence-electron chi connectivity index (χ2n) is 9.23. The molecule has 1 aliphatic carbocycles. The fraction of sp³-hybridized carbons (Fsp3) is 0.545. The number of hydrogen-bond acceptors (Lipinski definition) is 7. The lowest BCUT2D eigenvalue weighted by Gasteiger charge is -2.46. The summed E-state index contributed by atoms with van der Waals surface area (Å²) >= 11 is 0. The number of piperidine rings is 1. The molecule has 162 valence electrons. The summed E-state index contributed by atoms with van der Waals surface area (Å²) < 4.78 is 14.2. The minimum atomic E-state index is -0.548. The zero-order valence-corrected chi connectivity index (χ0v) is 17.4. The van der Waals surface area contributed by atoms with Crippen molar-refractivity contribution in [3.05, 3.63) is 47.2 Å². The third kappa shape index (κ3) is 3.37. The van der Waals surface area contributed by atoms with Crippen LogP contribution in [0.1, 0.15) is 5.56 Å². The van der Waals surface area contributed by atoms with Crippen LogP contribution in [0.5, 0.6) is 5.75 Å². The molecule has 0 bridgehead atoms. The Balaban J connectivity index is 1.29. The summed E-state index contributed by atoms with van der Waals surface area (Å²) in [5.74, 6) is 2.45. The highest BCUT2D eigenvalue weighted by Crippen LogP contribution is 2.51. The van der Waals surface area contributed by atoms with Crippen LogP contribution in [-0.4, -0.2) is 78.7 Å². The molecule has 3 unspecified atom stereocenters. The number of phenolic OH excluding ortho intramolecular Hbond substituents is 1. The number of aromatic hydroxyl groups is 1. The number of benzene rings is 1. The van der Waals surface area contributed by atoms with E-state index in [2.05, 4.69) is 27.1 Å². The van der Waals surface area contributed by atoms with Gasteiger partial charge in [-0.25, -0.2) is 4.39 Å². The predicted molar refractivity (Wildman–Crippen MR) is 114 cm³/mol. The van der Waals surface area contributed by atoms with Gasteiger partial charge < -0.3 is 31.7 Å². The number of halogens is 1. The molecule has 1 aromatic rings. The Bertz CT molecular complexity index is 869. The van der Waals surface area contributed by atoms with Crippen molar-refractivity contribution in [3.63, 3.8) is 0 Å². The molecule has 4 aliphatic rings. The van der Waals surface area contributed by atoms with Crippen molar-refractivity contribution in [2.75, 3.05) is 52.9 Å². The van der Waals surface area contributed by atoms with Crippen molar-refractivity contribution >= 4 is 5.70 Å². The number of fused-ring (bicyclic) bond motifs is 2. The Morgan fingerprint density at radius 2 is 2.03 bits per heavy atom. The molecule has 8 heteroatoms. The number of nitrogens with one attached hydrogen (secondary N) is 1. The minimum Gasteiger partial charge on any atom is -0.507 e. The van der Waals surface area contributed by atoms with E-state index in [0.29, 0.717) is 11.9 Å². The van der Waals surface area contributed by atoms with E-state index in [1.165, 1.54) is 37.8 Å². The fourth-order valence-corrected chi connectivity index (χ4v) is 5.66. The summed E-state index contributed by atoms with van der Waals surface area (Å²) in [7, 11) is 2.22. The molecular formula is C22H31FN6O. The quantitative estimate of drug-likeness (QED) is 0.565. The molecule has 3 heterocycles. The molecule has 5 rings (SSSR count). The molecule has 1 saturated carbocycles. The smallest absolute Gasteiger partial charge is 0.136 e. The van der Waals surface area contributed by atoms with Crippen molar-refractivity contribution in [3.8, 4) is 5.75 Å². The lowest BCUT2D eigenvalue weighted by atomic mass is 10.0. The Labute approximate surface area is 176 Å². The molecule has 3 fully saturated rings. The van der Waals surface area contributed by atoms with Crippen LogP contribution >= 0.6 is 0 Å². The number of piperazine rings is 1. The Morgan fingerprint density at radius 1 is 1.27 bits per heavy atom. The molecule has 6 N–H and O–H groups in total. The van der Waals surface area contributed by atoms with Gasteiger partial charge in [-0.15, -0.1) is 0 Å². The summed E-state index contributed by atoms with van der Waals surface area (Å²) in [6.07, 6.45) is 1.68. The predicted octanol–water partition coefficient (Wildman–Crippen LogP) is 0.356. The van der Waals surface area contributed by atoms with Gasteiger partial charge in [-0.05, 0) is 43.0 Å². The van der Waals surface area contributed by atoms with Crippen LogP contribution in [0, 0.1) is 23.6 Å². The van der Waals surface area contributed by atoms with Crippen LogP contribution < -0.4 is 16.8 Å². The van der Waals surface area contributed by atoms with E-state index in [1.807, 2.05) is 0 Å². The molecule has 3 atom stereocenters. The van der Waals surface area contributed by atoms with E-state index in [-0.39, 0.29) is 17.0 Å². The molecular weight excluding hydrogens is 383 g/mol. The van der Waals surface area contributed by atoms with E-state index < -0.39 is 5.82 Å². The number of rotatable bonds is 4. The van der Waals surface area contributed by atoms with Crippen LogP contribution in [-0.2, 0) is 0 Å².